The SMILES string of the molecule is CC(=O)Nc1ccc(C(O)C(C)NCCCO)cc1. The summed E-state index contributed by atoms with van der Waals surface area (Å²) in [6.07, 6.45) is 0.0449. The van der Waals surface area contributed by atoms with Crippen molar-refractivity contribution in [2.24, 2.45) is 0 Å². The third-order valence-electron chi connectivity index (χ3n) is 2.85. The van der Waals surface area contributed by atoms with E-state index in [-0.39, 0.29) is 18.6 Å². The molecule has 0 aliphatic carbocycles. The van der Waals surface area contributed by atoms with Gasteiger partial charge >= 0.3 is 0 Å². The van der Waals surface area contributed by atoms with Crippen molar-refractivity contribution in [2.45, 2.75) is 32.4 Å². The Kier molecular flexibility index (Phi) is 6.49. The number of hydrogen-bond acceptors (Lipinski definition) is 4. The quantitative estimate of drug-likeness (QED) is 0.556. The molecule has 0 aliphatic heterocycles. The van der Waals surface area contributed by atoms with Gasteiger partial charge in [0.15, 0.2) is 0 Å². The highest BCUT2D eigenvalue weighted by Crippen LogP contribution is 2.19. The fourth-order valence-electron chi connectivity index (χ4n) is 1.78. The Morgan fingerprint density at radius 2 is 1.95 bits per heavy atom. The number of carbonyl (C=O) groups is 1. The van der Waals surface area contributed by atoms with E-state index in [0.29, 0.717) is 18.7 Å². The maximum Gasteiger partial charge on any atom is 0.221 e. The lowest BCUT2D eigenvalue weighted by Crippen LogP contribution is -2.33. The standard InChI is InChI=1S/C14H22N2O3/c1-10(15-8-3-9-17)14(19)12-4-6-13(7-5-12)16-11(2)18/h4-7,10,14-15,17,19H,3,8-9H2,1-2H3,(H,16,18). The predicted molar refractivity (Wildman–Crippen MR) is 74.9 cm³/mol. The summed E-state index contributed by atoms with van der Waals surface area (Å²) in [6, 6.07) is 7.01. The Morgan fingerprint density at radius 1 is 1.32 bits per heavy atom. The average Bonchev–Trinajstić information content (AvgIpc) is 2.38. The summed E-state index contributed by atoms with van der Waals surface area (Å²) >= 11 is 0. The zero-order valence-electron chi connectivity index (χ0n) is 11.4. The lowest BCUT2D eigenvalue weighted by molar-refractivity contribution is -0.114. The molecule has 1 aromatic carbocycles. The zero-order chi connectivity index (χ0) is 14.3. The first-order valence-electron chi connectivity index (χ1n) is 6.44. The van der Waals surface area contributed by atoms with Crippen LogP contribution in [0.4, 0.5) is 5.69 Å². The van der Waals surface area contributed by atoms with Crippen molar-refractivity contribution in [3.8, 4) is 0 Å². The van der Waals surface area contributed by atoms with Gasteiger partial charge in [0.05, 0.1) is 6.10 Å². The highest BCUT2D eigenvalue weighted by atomic mass is 16.3. The number of anilines is 1. The number of rotatable bonds is 7. The van der Waals surface area contributed by atoms with Gasteiger partial charge in [-0.25, -0.2) is 0 Å². The second kappa shape index (κ2) is 7.89. The van der Waals surface area contributed by atoms with E-state index in [4.69, 9.17) is 5.11 Å². The first-order chi connectivity index (χ1) is 9.04. The number of carbonyl (C=O) groups excluding carboxylic acids is 1. The van der Waals surface area contributed by atoms with Crippen molar-refractivity contribution >= 4 is 11.6 Å². The van der Waals surface area contributed by atoms with Crippen LogP contribution in [0.3, 0.4) is 0 Å². The van der Waals surface area contributed by atoms with Crippen molar-refractivity contribution in [3.63, 3.8) is 0 Å². The van der Waals surface area contributed by atoms with E-state index in [1.54, 1.807) is 24.3 Å². The minimum Gasteiger partial charge on any atom is -0.396 e. The van der Waals surface area contributed by atoms with Crippen LogP contribution in [0.5, 0.6) is 0 Å². The molecule has 5 heteroatoms. The van der Waals surface area contributed by atoms with Crippen molar-refractivity contribution in [1.82, 2.24) is 5.32 Å². The topological polar surface area (TPSA) is 81.6 Å². The number of aliphatic hydroxyl groups is 2. The van der Waals surface area contributed by atoms with Crippen LogP contribution in [0, 0.1) is 0 Å². The summed E-state index contributed by atoms with van der Waals surface area (Å²) in [4.78, 5) is 10.9. The molecule has 106 valence electrons. The third-order valence-corrected chi connectivity index (χ3v) is 2.85. The number of amides is 1. The summed E-state index contributed by atoms with van der Waals surface area (Å²) in [6.45, 7) is 4.15. The summed E-state index contributed by atoms with van der Waals surface area (Å²) in [7, 11) is 0. The molecule has 1 aromatic rings. The van der Waals surface area contributed by atoms with Crippen molar-refractivity contribution in [2.75, 3.05) is 18.5 Å². The summed E-state index contributed by atoms with van der Waals surface area (Å²) in [5.41, 5.74) is 1.50. The third kappa shape index (κ3) is 5.38. The van der Waals surface area contributed by atoms with Gasteiger partial charge in [-0.2, -0.15) is 0 Å². The highest BCUT2D eigenvalue weighted by Gasteiger charge is 2.15. The van der Waals surface area contributed by atoms with Gasteiger partial charge in [-0.05, 0) is 37.6 Å². The lowest BCUT2D eigenvalue weighted by Gasteiger charge is -2.20. The smallest absolute Gasteiger partial charge is 0.221 e. The predicted octanol–water partition coefficient (Wildman–Crippen LogP) is 1.04. The van der Waals surface area contributed by atoms with E-state index in [1.165, 1.54) is 6.92 Å². The van der Waals surface area contributed by atoms with Gasteiger partial charge < -0.3 is 20.8 Å². The molecule has 0 saturated heterocycles. The largest absolute Gasteiger partial charge is 0.396 e. The number of aliphatic hydroxyl groups excluding tert-OH is 2. The first-order valence-corrected chi connectivity index (χ1v) is 6.44. The van der Waals surface area contributed by atoms with Crippen LogP contribution in [0.15, 0.2) is 24.3 Å². The molecule has 1 rings (SSSR count). The van der Waals surface area contributed by atoms with Crippen LogP contribution >= 0.6 is 0 Å². The number of nitrogens with one attached hydrogen (secondary N) is 2. The molecular formula is C14H22N2O3. The average molecular weight is 266 g/mol. The molecule has 0 bridgehead atoms. The van der Waals surface area contributed by atoms with Crippen LogP contribution in [-0.4, -0.2) is 35.3 Å². The van der Waals surface area contributed by atoms with E-state index < -0.39 is 6.10 Å². The first kappa shape index (κ1) is 15.6. The molecule has 19 heavy (non-hydrogen) atoms. The Labute approximate surface area is 113 Å². The Morgan fingerprint density at radius 3 is 2.47 bits per heavy atom. The Hall–Kier alpha value is -1.43. The molecular weight excluding hydrogens is 244 g/mol. The minimum absolute atomic E-state index is 0.0989. The Balaban J connectivity index is 2.56. The molecule has 2 atom stereocenters. The Bertz CT molecular complexity index is 392. The molecule has 4 N–H and O–H groups in total. The van der Waals surface area contributed by atoms with Crippen molar-refractivity contribution in [3.05, 3.63) is 29.8 Å². The highest BCUT2D eigenvalue weighted by molar-refractivity contribution is 5.88. The fraction of sp³-hybridized carbons (Fsp3) is 0.500. The second-order valence-electron chi connectivity index (χ2n) is 4.57. The van der Waals surface area contributed by atoms with E-state index in [1.807, 2.05) is 6.92 Å². The van der Waals surface area contributed by atoms with Gasteiger partial charge in [0, 0.05) is 25.3 Å². The summed E-state index contributed by atoms with van der Waals surface area (Å²) in [5.74, 6) is -0.118. The van der Waals surface area contributed by atoms with Crippen molar-refractivity contribution < 1.29 is 15.0 Å². The van der Waals surface area contributed by atoms with Gasteiger partial charge in [-0.1, -0.05) is 12.1 Å². The number of benzene rings is 1. The second-order valence-corrected chi connectivity index (χ2v) is 4.57. The van der Waals surface area contributed by atoms with E-state index in [9.17, 15) is 9.90 Å². The number of hydrogen-bond donors (Lipinski definition) is 4. The van der Waals surface area contributed by atoms with Crippen LogP contribution in [0.2, 0.25) is 0 Å². The maximum atomic E-state index is 10.9. The van der Waals surface area contributed by atoms with E-state index in [0.717, 1.165) is 5.56 Å². The normalized spacial score (nSPS) is 13.9. The molecule has 0 aromatic heterocycles. The molecule has 1 amide bonds. The minimum atomic E-state index is -0.620. The van der Waals surface area contributed by atoms with E-state index >= 15 is 0 Å². The fourth-order valence-corrected chi connectivity index (χ4v) is 1.78. The van der Waals surface area contributed by atoms with Crippen LogP contribution in [0.25, 0.3) is 0 Å². The lowest BCUT2D eigenvalue weighted by atomic mass is 10.0. The van der Waals surface area contributed by atoms with Gasteiger partial charge in [0.2, 0.25) is 5.91 Å². The molecule has 0 aliphatic rings. The molecule has 0 saturated carbocycles. The van der Waals surface area contributed by atoms with Gasteiger partial charge in [0.1, 0.15) is 0 Å². The molecule has 0 spiro atoms. The van der Waals surface area contributed by atoms with Crippen molar-refractivity contribution in [1.29, 1.82) is 0 Å². The molecule has 2 unspecified atom stereocenters. The molecule has 5 nitrogen and oxygen atoms in total. The van der Waals surface area contributed by atoms with Gasteiger partial charge in [-0.15, -0.1) is 0 Å². The van der Waals surface area contributed by atoms with E-state index in [2.05, 4.69) is 10.6 Å². The van der Waals surface area contributed by atoms with Crippen LogP contribution in [-0.2, 0) is 4.79 Å². The molecule has 0 radical (unpaired) electrons. The maximum absolute atomic E-state index is 10.9. The molecule has 0 heterocycles. The molecule has 0 fully saturated rings. The zero-order valence-corrected chi connectivity index (χ0v) is 11.4. The summed E-state index contributed by atoms with van der Waals surface area (Å²) in [5, 5.41) is 24.7. The van der Waals surface area contributed by atoms with Crippen LogP contribution < -0.4 is 10.6 Å². The van der Waals surface area contributed by atoms with Gasteiger partial charge in [-0.3, -0.25) is 4.79 Å². The summed E-state index contributed by atoms with van der Waals surface area (Å²) < 4.78 is 0. The monoisotopic (exact) mass is 266 g/mol. The van der Waals surface area contributed by atoms with Crippen LogP contribution in [0.1, 0.15) is 31.9 Å². The van der Waals surface area contributed by atoms with Gasteiger partial charge in [0.25, 0.3) is 0 Å².